The van der Waals surface area contributed by atoms with Crippen molar-refractivity contribution in [2.45, 2.75) is 33.2 Å². The lowest BCUT2D eigenvalue weighted by Gasteiger charge is -2.08. The summed E-state index contributed by atoms with van der Waals surface area (Å²) >= 11 is 5.88. The van der Waals surface area contributed by atoms with E-state index < -0.39 is 0 Å². The molecule has 0 spiro atoms. The first-order valence-electron chi connectivity index (χ1n) is 4.33. The van der Waals surface area contributed by atoms with E-state index in [0.29, 0.717) is 11.6 Å². The minimum Gasteiger partial charge on any atom is -0.268 e. The third-order valence-electron chi connectivity index (χ3n) is 1.82. The lowest BCUT2D eigenvalue weighted by Crippen LogP contribution is -2.23. The Morgan fingerprint density at radius 1 is 1.62 bits per heavy atom. The molecule has 1 aromatic heterocycles. The van der Waals surface area contributed by atoms with Crippen molar-refractivity contribution < 1.29 is 0 Å². The molecule has 0 aromatic carbocycles. The molecule has 0 bridgehead atoms. The first kappa shape index (κ1) is 10.3. The van der Waals surface area contributed by atoms with Gasteiger partial charge in [-0.2, -0.15) is 5.10 Å². The average molecular weight is 201 g/mol. The van der Waals surface area contributed by atoms with Crippen molar-refractivity contribution in [2.24, 2.45) is 0 Å². The molecule has 0 atom stereocenters. The van der Waals surface area contributed by atoms with Crippen molar-refractivity contribution in [3.63, 3.8) is 0 Å². The zero-order valence-electron chi connectivity index (χ0n) is 8.04. The highest BCUT2D eigenvalue weighted by atomic mass is 35.5. The SMILES string of the molecule is CCn1nc(C(C)C)c(Cl)cc1=O. The van der Waals surface area contributed by atoms with Gasteiger partial charge < -0.3 is 0 Å². The van der Waals surface area contributed by atoms with Gasteiger partial charge >= 0.3 is 0 Å². The maximum atomic E-state index is 11.3. The molecule has 0 amide bonds. The van der Waals surface area contributed by atoms with E-state index in [9.17, 15) is 4.79 Å². The van der Waals surface area contributed by atoms with Crippen LogP contribution in [0.25, 0.3) is 0 Å². The van der Waals surface area contributed by atoms with Crippen molar-refractivity contribution in [1.82, 2.24) is 9.78 Å². The quantitative estimate of drug-likeness (QED) is 0.733. The van der Waals surface area contributed by atoms with Crippen LogP contribution in [0.15, 0.2) is 10.9 Å². The number of hydrogen-bond donors (Lipinski definition) is 0. The average Bonchev–Trinajstić information content (AvgIpc) is 2.03. The number of nitrogens with zero attached hydrogens (tertiary/aromatic N) is 2. The number of rotatable bonds is 2. The molecule has 0 aliphatic carbocycles. The summed E-state index contributed by atoms with van der Waals surface area (Å²) in [6, 6.07) is 1.42. The molecule has 3 nitrogen and oxygen atoms in total. The fourth-order valence-electron chi connectivity index (χ4n) is 1.10. The van der Waals surface area contributed by atoms with Gasteiger partial charge in [-0.1, -0.05) is 25.4 Å². The normalized spacial score (nSPS) is 10.8. The van der Waals surface area contributed by atoms with Gasteiger partial charge in [0.2, 0.25) is 0 Å². The van der Waals surface area contributed by atoms with Crippen LogP contribution in [0, 0.1) is 0 Å². The van der Waals surface area contributed by atoms with Crippen molar-refractivity contribution in [1.29, 1.82) is 0 Å². The molecule has 0 radical (unpaired) electrons. The Morgan fingerprint density at radius 2 is 2.23 bits per heavy atom. The van der Waals surface area contributed by atoms with Gasteiger partial charge in [0.05, 0.1) is 10.7 Å². The summed E-state index contributed by atoms with van der Waals surface area (Å²) in [5, 5.41) is 4.62. The van der Waals surface area contributed by atoms with E-state index in [-0.39, 0.29) is 11.5 Å². The Labute approximate surface area is 82.3 Å². The maximum Gasteiger partial charge on any atom is 0.268 e. The molecule has 0 saturated heterocycles. The van der Waals surface area contributed by atoms with Crippen LogP contribution < -0.4 is 5.56 Å². The van der Waals surface area contributed by atoms with Crippen LogP contribution >= 0.6 is 11.6 Å². The van der Waals surface area contributed by atoms with Gasteiger partial charge in [0, 0.05) is 12.6 Å². The van der Waals surface area contributed by atoms with Gasteiger partial charge in [0.1, 0.15) is 0 Å². The summed E-state index contributed by atoms with van der Waals surface area (Å²) in [7, 11) is 0. The van der Waals surface area contributed by atoms with Gasteiger partial charge in [0.25, 0.3) is 5.56 Å². The summed E-state index contributed by atoms with van der Waals surface area (Å²) in [4.78, 5) is 11.3. The third-order valence-corrected chi connectivity index (χ3v) is 2.13. The summed E-state index contributed by atoms with van der Waals surface area (Å²) in [5.41, 5.74) is 0.639. The van der Waals surface area contributed by atoms with Gasteiger partial charge in [-0.05, 0) is 12.8 Å². The molecule has 0 saturated carbocycles. The van der Waals surface area contributed by atoms with Gasteiger partial charge in [-0.25, -0.2) is 4.68 Å². The highest BCUT2D eigenvalue weighted by Gasteiger charge is 2.09. The molecule has 0 N–H and O–H groups in total. The predicted molar refractivity (Wildman–Crippen MR) is 53.3 cm³/mol. The van der Waals surface area contributed by atoms with E-state index in [0.717, 1.165) is 5.69 Å². The topological polar surface area (TPSA) is 34.9 Å². The summed E-state index contributed by atoms with van der Waals surface area (Å²) in [6.45, 7) is 6.46. The third kappa shape index (κ3) is 2.10. The Hall–Kier alpha value is -0.830. The monoisotopic (exact) mass is 200 g/mol. The molecular weight excluding hydrogens is 188 g/mol. The molecular formula is C9H13ClN2O. The van der Waals surface area contributed by atoms with E-state index in [4.69, 9.17) is 11.6 Å². The van der Waals surface area contributed by atoms with Crippen LogP contribution in [-0.4, -0.2) is 9.78 Å². The van der Waals surface area contributed by atoms with Crippen LogP contribution in [0.2, 0.25) is 5.02 Å². The van der Waals surface area contributed by atoms with Gasteiger partial charge in [-0.15, -0.1) is 0 Å². The van der Waals surface area contributed by atoms with Crippen LogP contribution in [0.1, 0.15) is 32.4 Å². The Kier molecular flexibility index (Phi) is 3.09. The van der Waals surface area contributed by atoms with Crippen LogP contribution in [0.4, 0.5) is 0 Å². The lowest BCUT2D eigenvalue weighted by molar-refractivity contribution is 0.586. The van der Waals surface area contributed by atoms with E-state index in [2.05, 4.69) is 5.10 Å². The molecule has 4 heteroatoms. The number of hydrogen-bond acceptors (Lipinski definition) is 2. The lowest BCUT2D eigenvalue weighted by atomic mass is 10.1. The molecule has 13 heavy (non-hydrogen) atoms. The maximum absolute atomic E-state index is 11.3. The van der Waals surface area contributed by atoms with Gasteiger partial charge in [-0.3, -0.25) is 4.79 Å². The van der Waals surface area contributed by atoms with E-state index in [1.54, 1.807) is 0 Å². The second kappa shape index (κ2) is 3.92. The highest BCUT2D eigenvalue weighted by molar-refractivity contribution is 6.31. The first-order chi connectivity index (χ1) is 6.06. The second-order valence-corrected chi connectivity index (χ2v) is 3.59. The van der Waals surface area contributed by atoms with Gasteiger partial charge in [0.15, 0.2) is 0 Å². The smallest absolute Gasteiger partial charge is 0.268 e. The Bertz CT molecular complexity index is 357. The van der Waals surface area contributed by atoms with Crippen molar-refractivity contribution in [2.75, 3.05) is 0 Å². The Morgan fingerprint density at radius 3 is 2.69 bits per heavy atom. The standard InChI is InChI=1S/C9H13ClN2O/c1-4-12-8(13)5-7(10)9(11-12)6(2)3/h5-6H,4H2,1-3H3. The fourth-order valence-corrected chi connectivity index (χ4v) is 1.45. The zero-order valence-corrected chi connectivity index (χ0v) is 8.80. The molecule has 0 unspecified atom stereocenters. The van der Waals surface area contributed by atoms with E-state index >= 15 is 0 Å². The molecule has 1 aromatic rings. The summed E-state index contributed by atoms with van der Waals surface area (Å²) in [5.74, 6) is 0.242. The molecule has 1 heterocycles. The number of aryl methyl sites for hydroxylation is 1. The summed E-state index contributed by atoms with van der Waals surface area (Å²) in [6.07, 6.45) is 0. The van der Waals surface area contributed by atoms with Crippen LogP contribution in [0.5, 0.6) is 0 Å². The highest BCUT2D eigenvalue weighted by Crippen LogP contribution is 2.19. The second-order valence-electron chi connectivity index (χ2n) is 3.19. The van der Waals surface area contributed by atoms with Crippen molar-refractivity contribution >= 4 is 11.6 Å². The van der Waals surface area contributed by atoms with Crippen LogP contribution in [-0.2, 0) is 6.54 Å². The molecule has 0 aliphatic heterocycles. The molecule has 72 valence electrons. The fraction of sp³-hybridized carbons (Fsp3) is 0.556. The molecule has 0 aliphatic rings. The number of aromatic nitrogens is 2. The van der Waals surface area contributed by atoms with Crippen molar-refractivity contribution in [3.8, 4) is 0 Å². The minimum absolute atomic E-state index is 0.142. The first-order valence-corrected chi connectivity index (χ1v) is 4.71. The molecule has 1 rings (SSSR count). The largest absolute Gasteiger partial charge is 0.268 e. The predicted octanol–water partition coefficient (Wildman–Crippen LogP) is 2.04. The summed E-state index contributed by atoms with van der Waals surface area (Å²) < 4.78 is 1.42. The minimum atomic E-state index is -0.142. The number of halogens is 1. The Balaban J connectivity index is 3.31. The zero-order chi connectivity index (χ0) is 10.0. The van der Waals surface area contributed by atoms with Crippen molar-refractivity contribution in [3.05, 3.63) is 27.1 Å². The van der Waals surface area contributed by atoms with E-state index in [1.807, 2.05) is 20.8 Å². The van der Waals surface area contributed by atoms with Crippen LogP contribution in [0.3, 0.4) is 0 Å². The van der Waals surface area contributed by atoms with E-state index in [1.165, 1.54) is 10.7 Å². The molecule has 0 fully saturated rings.